The first-order valence-electron chi connectivity index (χ1n) is 9.00. The van der Waals surface area contributed by atoms with Crippen molar-refractivity contribution in [3.63, 3.8) is 0 Å². The predicted octanol–water partition coefficient (Wildman–Crippen LogP) is 3.57. The molecule has 1 aromatic heterocycles. The number of aromatic nitrogens is 2. The molecule has 1 atom stereocenters. The van der Waals surface area contributed by atoms with E-state index in [-0.39, 0.29) is 30.9 Å². The normalized spacial score (nSPS) is 15.4. The smallest absolute Gasteiger partial charge is 0.229 e. The Morgan fingerprint density at radius 1 is 1.11 bits per heavy atom. The van der Waals surface area contributed by atoms with Gasteiger partial charge in [0.1, 0.15) is 17.3 Å². The number of rotatable bonds is 7. The van der Waals surface area contributed by atoms with E-state index in [0.29, 0.717) is 17.4 Å². The minimum Gasteiger partial charge on any atom is -0.497 e. The molecule has 1 saturated heterocycles. The second-order valence-corrected chi connectivity index (χ2v) is 6.51. The highest BCUT2D eigenvalue weighted by Gasteiger charge is 2.21. The fourth-order valence-corrected chi connectivity index (χ4v) is 3.09. The number of benzene rings is 1. The van der Waals surface area contributed by atoms with Gasteiger partial charge in [0, 0.05) is 54.8 Å². The van der Waals surface area contributed by atoms with Crippen LogP contribution in [0.4, 0.5) is 17.5 Å². The molecule has 9 heteroatoms. The van der Waals surface area contributed by atoms with Crippen LogP contribution in [0, 0.1) is 0 Å². The molecule has 2 aromatic rings. The van der Waals surface area contributed by atoms with Gasteiger partial charge in [0.15, 0.2) is 0 Å². The Morgan fingerprint density at radius 2 is 1.79 bits per heavy atom. The number of hydrogen-bond acceptors (Lipinski definition) is 7. The van der Waals surface area contributed by atoms with Gasteiger partial charge in [0.2, 0.25) is 5.95 Å². The van der Waals surface area contributed by atoms with E-state index >= 15 is 0 Å². The van der Waals surface area contributed by atoms with Gasteiger partial charge in [-0.15, -0.1) is 24.8 Å². The molecule has 0 unspecified atom stereocenters. The zero-order valence-electron chi connectivity index (χ0n) is 16.5. The Bertz CT molecular complexity index is 741. The van der Waals surface area contributed by atoms with Gasteiger partial charge >= 0.3 is 0 Å². The van der Waals surface area contributed by atoms with Crippen LogP contribution in [0.2, 0.25) is 0 Å². The van der Waals surface area contributed by atoms with Crippen molar-refractivity contribution in [2.75, 3.05) is 37.5 Å². The molecule has 0 amide bonds. The molecule has 1 aliphatic rings. The summed E-state index contributed by atoms with van der Waals surface area (Å²) in [5, 5.41) is 3.29. The molecule has 3 rings (SSSR count). The van der Waals surface area contributed by atoms with E-state index in [2.05, 4.69) is 28.2 Å². The third-order valence-electron chi connectivity index (χ3n) is 4.43. The molecule has 28 heavy (non-hydrogen) atoms. The molecule has 3 N–H and O–H groups in total. The number of hydrogen-bond donors (Lipinski definition) is 2. The quantitative estimate of drug-likeness (QED) is 0.695. The minimum absolute atomic E-state index is 0. The van der Waals surface area contributed by atoms with Gasteiger partial charge in [0.05, 0.1) is 14.2 Å². The highest BCUT2D eigenvalue weighted by atomic mass is 35.5. The molecule has 156 valence electrons. The van der Waals surface area contributed by atoms with Gasteiger partial charge in [-0.05, 0) is 12.8 Å². The highest BCUT2D eigenvalue weighted by Crippen LogP contribution is 2.28. The van der Waals surface area contributed by atoms with Crippen LogP contribution >= 0.6 is 24.8 Å². The van der Waals surface area contributed by atoms with Crippen molar-refractivity contribution >= 4 is 42.3 Å². The maximum absolute atomic E-state index is 6.06. The second kappa shape index (κ2) is 11.1. The molecule has 1 aromatic carbocycles. The number of nitrogens with two attached hydrogens (primary N) is 1. The van der Waals surface area contributed by atoms with Crippen molar-refractivity contribution in [3.8, 4) is 11.5 Å². The van der Waals surface area contributed by atoms with Crippen LogP contribution in [0.3, 0.4) is 0 Å². The van der Waals surface area contributed by atoms with E-state index in [1.807, 2.05) is 18.2 Å². The third-order valence-corrected chi connectivity index (χ3v) is 4.43. The number of ether oxygens (including phenoxy) is 2. The van der Waals surface area contributed by atoms with Crippen molar-refractivity contribution < 1.29 is 9.47 Å². The summed E-state index contributed by atoms with van der Waals surface area (Å²) in [6.07, 6.45) is 2.93. The van der Waals surface area contributed by atoms with Crippen molar-refractivity contribution in [2.24, 2.45) is 5.73 Å². The summed E-state index contributed by atoms with van der Waals surface area (Å²) in [7, 11) is 3.26. The van der Waals surface area contributed by atoms with Crippen molar-refractivity contribution in [1.29, 1.82) is 0 Å². The lowest BCUT2D eigenvalue weighted by atomic mass is 10.2. The zero-order valence-corrected chi connectivity index (χ0v) is 18.1. The van der Waals surface area contributed by atoms with Gasteiger partial charge in [-0.1, -0.05) is 13.3 Å². The van der Waals surface area contributed by atoms with Crippen LogP contribution in [-0.2, 0) is 6.42 Å². The average molecular weight is 430 g/mol. The maximum atomic E-state index is 6.06. The van der Waals surface area contributed by atoms with Crippen LogP contribution in [0.15, 0.2) is 24.3 Å². The van der Waals surface area contributed by atoms with Crippen LogP contribution in [0.25, 0.3) is 0 Å². The van der Waals surface area contributed by atoms with Crippen molar-refractivity contribution in [1.82, 2.24) is 9.97 Å². The first-order valence-corrected chi connectivity index (χ1v) is 9.00. The molecule has 7 nitrogen and oxygen atoms in total. The fourth-order valence-electron chi connectivity index (χ4n) is 3.09. The minimum atomic E-state index is 0. The Kier molecular flexibility index (Phi) is 9.58. The first-order chi connectivity index (χ1) is 12.6. The lowest BCUT2D eigenvalue weighted by Gasteiger charge is -2.19. The summed E-state index contributed by atoms with van der Waals surface area (Å²) in [5.41, 5.74) is 7.90. The summed E-state index contributed by atoms with van der Waals surface area (Å²) >= 11 is 0. The van der Waals surface area contributed by atoms with Gasteiger partial charge in [-0.2, -0.15) is 4.98 Å². The molecule has 0 bridgehead atoms. The van der Waals surface area contributed by atoms with Crippen molar-refractivity contribution in [3.05, 3.63) is 30.0 Å². The lowest BCUT2D eigenvalue weighted by molar-refractivity contribution is 0.395. The summed E-state index contributed by atoms with van der Waals surface area (Å²) in [4.78, 5) is 11.6. The number of anilines is 3. The van der Waals surface area contributed by atoms with Crippen LogP contribution in [0.1, 0.15) is 25.5 Å². The molecule has 0 aliphatic carbocycles. The Balaban J connectivity index is 0.00000196. The van der Waals surface area contributed by atoms with Gasteiger partial charge in [-0.25, -0.2) is 4.98 Å². The van der Waals surface area contributed by atoms with E-state index in [1.54, 1.807) is 14.2 Å². The number of nitrogens with zero attached hydrogens (tertiary/aromatic N) is 3. The standard InChI is InChI=1S/C19H27N5O2.2ClH/c1-4-5-14-10-18(24-7-6-13(20)12-24)23-19(21-14)22-15-8-16(25-2)11-17(9-15)26-3;;/h8-11,13H,4-7,12,20H2,1-3H3,(H,21,22,23);2*1H/t13-;;/m0../s1. The fraction of sp³-hybridized carbons (Fsp3) is 0.474. The zero-order chi connectivity index (χ0) is 18.5. The molecule has 2 heterocycles. The van der Waals surface area contributed by atoms with Gasteiger partial charge in [-0.3, -0.25) is 0 Å². The third kappa shape index (κ3) is 6.02. The van der Waals surface area contributed by atoms with E-state index in [9.17, 15) is 0 Å². The van der Waals surface area contributed by atoms with Crippen LogP contribution in [-0.4, -0.2) is 43.3 Å². The Morgan fingerprint density at radius 3 is 2.32 bits per heavy atom. The van der Waals surface area contributed by atoms with E-state index in [4.69, 9.17) is 20.2 Å². The molecule has 1 fully saturated rings. The Hall–Kier alpha value is -1.96. The summed E-state index contributed by atoms with van der Waals surface area (Å²) < 4.78 is 10.7. The number of aryl methyl sites for hydroxylation is 1. The molecule has 0 radical (unpaired) electrons. The highest BCUT2D eigenvalue weighted by molar-refractivity contribution is 5.85. The monoisotopic (exact) mass is 429 g/mol. The molecule has 0 saturated carbocycles. The molecular formula is C19H29Cl2N5O2. The first kappa shape index (κ1) is 24.1. The van der Waals surface area contributed by atoms with Crippen LogP contribution < -0.4 is 25.4 Å². The van der Waals surface area contributed by atoms with Crippen LogP contribution in [0.5, 0.6) is 11.5 Å². The summed E-state index contributed by atoms with van der Waals surface area (Å²) in [6.45, 7) is 3.90. The summed E-state index contributed by atoms with van der Waals surface area (Å²) in [5.74, 6) is 2.92. The summed E-state index contributed by atoms with van der Waals surface area (Å²) in [6, 6.07) is 7.89. The SMILES string of the molecule is CCCc1cc(N2CC[C@H](N)C2)nc(Nc2cc(OC)cc(OC)c2)n1.Cl.Cl. The van der Waals surface area contributed by atoms with Gasteiger partial charge < -0.3 is 25.4 Å². The predicted molar refractivity (Wildman–Crippen MR) is 118 cm³/mol. The van der Waals surface area contributed by atoms with E-state index in [0.717, 1.165) is 49.6 Å². The molecule has 0 spiro atoms. The molecule has 1 aliphatic heterocycles. The van der Waals surface area contributed by atoms with E-state index in [1.165, 1.54) is 0 Å². The second-order valence-electron chi connectivity index (χ2n) is 6.51. The number of methoxy groups -OCH3 is 2. The van der Waals surface area contributed by atoms with Crippen molar-refractivity contribution in [2.45, 2.75) is 32.2 Å². The molecular weight excluding hydrogens is 401 g/mol. The van der Waals surface area contributed by atoms with Gasteiger partial charge in [0.25, 0.3) is 0 Å². The topological polar surface area (TPSA) is 85.5 Å². The number of nitrogens with one attached hydrogen (secondary N) is 1. The largest absolute Gasteiger partial charge is 0.497 e. The maximum Gasteiger partial charge on any atom is 0.229 e. The Labute approximate surface area is 178 Å². The number of halogens is 2. The lowest BCUT2D eigenvalue weighted by Crippen LogP contribution is -2.27. The average Bonchev–Trinajstić information content (AvgIpc) is 3.08. The van der Waals surface area contributed by atoms with E-state index < -0.39 is 0 Å².